The first kappa shape index (κ1) is 23.6. The van der Waals surface area contributed by atoms with Gasteiger partial charge in [0.2, 0.25) is 0 Å². The van der Waals surface area contributed by atoms with Crippen LogP contribution in [0.2, 0.25) is 5.02 Å². The molecule has 0 radical (unpaired) electrons. The van der Waals surface area contributed by atoms with E-state index in [1.807, 2.05) is 22.9 Å². The molecule has 3 N–H and O–H groups in total. The molecule has 184 valence electrons. The summed E-state index contributed by atoms with van der Waals surface area (Å²) in [5.74, 6) is 2.36. The molecule has 4 heterocycles. The van der Waals surface area contributed by atoms with Gasteiger partial charge < -0.3 is 29.9 Å². The number of hydrogen-bond donors (Lipinski definition) is 3. The first-order valence-corrected chi connectivity index (χ1v) is 11.8. The summed E-state index contributed by atoms with van der Waals surface area (Å²) in [5, 5.41) is 22.7. The summed E-state index contributed by atoms with van der Waals surface area (Å²) in [6, 6.07) is 10.2. The van der Waals surface area contributed by atoms with Gasteiger partial charge in [0.25, 0.3) is 0 Å². The normalized spacial score (nSPS) is 12.9. The van der Waals surface area contributed by atoms with Crippen LogP contribution in [0.25, 0.3) is 22.6 Å². The molecule has 4 aromatic rings. The minimum absolute atomic E-state index is 0.115. The van der Waals surface area contributed by atoms with E-state index in [0.717, 1.165) is 42.2 Å². The predicted molar refractivity (Wildman–Crippen MR) is 137 cm³/mol. The molecule has 1 aromatic carbocycles. The number of fused-ring (bicyclic) bond motifs is 3. The molecule has 0 unspecified atom stereocenters. The average molecular weight is 507 g/mol. The number of aromatic nitrogens is 5. The third-order valence-corrected chi connectivity index (χ3v) is 6.18. The summed E-state index contributed by atoms with van der Waals surface area (Å²) >= 11 is 6.53. The lowest BCUT2D eigenvalue weighted by Crippen LogP contribution is -2.15. The van der Waals surface area contributed by atoms with Crippen molar-refractivity contribution in [2.45, 2.75) is 26.1 Å². The molecular weight excluding hydrogens is 483 g/mol. The SMILES string of the molecule is CN/C(=C\C=N)Nc1cc(-c2cc3n(c2)CCCn2c(COc4ccccc4F)nnc2-3)c(Cl)cn1. The van der Waals surface area contributed by atoms with Crippen molar-refractivity contribution in [3.05, 3.63) is 77.4 Å². The van der Waals surface area contributed by atoms with Gasteiger partial charge in [0.15, 0.2) is 23.2 Å². The first-order chi connectivity index (χ1) is 17.6. The zero-order chi connectivity index (χ0) is 25.1. The molecule has 0 fully saturated rings. The topological polar surface area (TPSA) is 106 Å². The summed E-state index contributed by atoms with van der Waals surface area (Å²) in [6.07, 6.45) is 7.30. The molecule has 0 spiro atoms. The number of benzene rings is 1. The summed E-state index contributed by atoms with van der Waals surface area (Å²) in [6.45, 7) is 1.64. The highest BCUT2D eigenvalue weighted by atomic mass is 35.5. The maximum Gasteiger partial charge on any atom is 0.180 e. The van der Waals surface area contributed by atoms with Crippen LogP contribution in [-0.4, -0.2) is 37.6 Å². The molecule has 36 heavy (non-hydrogen) atoms. The van der Waals surface area contributed by atoms with Gasteiger partial charge in [0, 0.05) is 49.9 Å². The van der Waals surface area contributed by atoms with E-state index >= 15 is 0 Å². The number of ether oxygens (including phenoxy) is 1. The van der Waals surface area contributed by atoms with Crippen molar-refractivity contribution in [2.75, 3.05) is 12.4 Å². The van der Waals surface area contributed by atoms with E-state index in [1.165, 1.54) is 12.3 Å². The average Bonchev–Trinajstić information content (AvgIpc) is 3.44. The van der Waals surface area contributed by atoms with Gasteiger partial charge in [0.1, 0.15) is 18.2 Å². The molecule has 0 bridgehead atoms. The van der Waals surface area contributed by atoms with Gasteiger partial charge >= 0.3 is 0 Å². The van der Waals surface area contributed by atoms with E-state index in [4.69, 9.17) is 21.7 Å². The highest BCUT2D eigenvalue weighted by Crippen LogP contribution is 2.35. The molecule has 1 aliphatic heterocycles. The van der Waals surface area contributed by atoms with Crippen LogP contribution >= 0.6 is 11.6 Å². The van der Waals surface area contributed by atoms with E-state index in [0.29, 0.717) is 22.5 Å². The summed E-state index contributed by atoms with van der Waals surface area (Å²) in [7, 11) is 1.76. The number of para-hydroxylation sites is 1. The number of nitrogens with one attached hydrogen (secondary N) is 3. The Morgan fingerprint density at radius 2 is 2.11 bits per heavy atom. The lowest BCUT2D eigenvalue weighted by molar-refractivity contribution is 0.274. The number of halogens is 2. The molecule has 5 rings (SSSR count). The van der Waals surface area contributed by atoms with E-state index in [2.05, 4.69) is 30.4 Å². The van der Waals surface area contributed by atoms with Gasteiger partial charge in [-0.3, -0.25) is 0 Å². The molecule has 0 aliphatic carbocycles. The summed E-state index contributed by atoms with van der Waals surface area (Å²) < 4.78 is 23.8. The Labute approximate surface area is 212 Å². The van der Waals surface area contributed by atoms with Crippen molar-refractivity contribution in [3.63, 3.8) is 0 Å². The molecule has 1 aliphatic rings. The van der Waals surface area contributed by atoms with Gasteiger partial charge in [-0.05, 0) is 36.8 Å². The largest absolute Gasteiger partial charge is 0.483 e. The Morgan fingerprint density at radius 3 is 2.92 bits per heavy atom. The lowest BCUT2D eigenvalue weighted by atomic mass is 10.1. The fourth-order valence-electron chi connectivity index (χ4n) is 4.14. The van der Waals surface area contributed by atoms with Gasteiger partial charge in [-0.25, -0.2) is 9.37 Å². The number of allylic oxidation sites excluding steroid dienone is 1. The Balaban J connectivity index is 1.44. The second kappa shape index (κ2) is 10.2. The van der Waals surface area contributed by atoms with Crippen LogP contribution in [0.3, 0.4) is 0 Å². The number of nitrogens with zero attached hydrogens (tertiary/aromatic N) is 5. The maximum atomic E-state index is 14.0. The third-order valence-electron chi connectivity index (χ3n) is 5.88. The quantitative estimate of drug-likeness (QED) is 0.299. The fraction of sp³-hybridized carbons (Fsp3) is 0.200. The minimum Gasteiger partial charge on any atom is -0.483 e. The van der Waals surface area contributed by atoms with Crippen LogP contribution in [0.5, 0.6) is 5.75 Å². The molecule has 0 saturated heterocycles. The summed E-state index contributed by atoms with van der Waals surface area (Å²) in [5.41, 5.74) is 2.64. The number of aryl methyl sites for hydroxylation is 1. The smallest absolute Gasteiger partial charge is 0.180 e. The highest BCUT2D eigenvalue weighted by molar-refractivity contribution is 6.33. The zero-order valence-electron chi connectivity index (χ0n) is 19.5. The standard InChI is InChI=1S/C25H24ClFN8O/c1-29-22(7-8-28)31-23-12-17(18(26)13-30-23)16-11-20-25-33-32-24(35(25)10-4-9-34(20)14-16)15-36-21-6-3-2-5-19(21)27/h2-3,5-8,11-14,28-29H,4,9-10,15H2,1H3,(H,30,31)/b22-7+,28-8?. The van der Waals surface area contributed by atoms with Crippen molar-refractivity contribution in [2.24, 2.45) is 0 Å². The molecule has 0 amide bonds. The van der Waals surface area contributed by atoms with Gasteiger partial charge in [0.05, 0.1) is 10.7 Å². The maximum absolute atomic E-state index is 14.0. The van der Waals surface area contributed by atoms with Crippen LogP contribution in [0, 0.1) is 11.2 Å². The second-order valence-electron chi connectivity index (χ2n) is 8.14. The van der Waals surface area contributed by atoms with Gasteiger partial charge in [-0.2, -0.15) is 0 Å². The number of anilines is 1. The van der Waals surface area contributed by atoms with Crippen molar-refractivity contribution in [3.8, 4) is 28.4 Å². The molecule has 0 saturated carbocycles. The van der Waals surface area contributed by atoms with Crippen LogP contribution in [0.1, 0.15) is 12.2 Å². The zero-order valence-corrected chi connectivity index (χ0v) is 20.3. The Morgan fingerprint density at radius 1 is 1.25 bits per heavy atom. The first-order valence-electron chi connectivity index (χ1n) is 11.4. The molecule has 0 atom stereocenters. The minimum atomic E-state index is -0.412. The van der Waals surface area contributed by atoms with Gasteiger partial charge in [-0.1, -0.05) is 23.7 Å². The highest BCUT2D eigenvalue weighted by Gasteiger charge is 2.22. The van der Waals surface area contributed by atoms with Crippen LogP contribution < -0.4 is 15.4 Å². The monoisotopic (exact) mass is 506 g/mol. The summed E-state index contributed by atoms with van der Waals surface area (Å²) in [4.78, 5) is 4.35. The lowest BCUT2D eigenvalue weighted by Gasteiger charge is -2.11. The molecular formula is C25H24ClFN8O. The number of rotatable bonds is 8. The Bertz CT molecular complexity index is 1440. The van der Waals surface area contributed by atoms with E-state index in [1.54, 1.807) is 37.5 Å². The van der Waals surface area contributed by atoms with Crippen molar-refractivity contribution in [1.82, 2.24) is 29.6 Å². The second-order valence-corrected chi connectivity index (χ2v) is 8.55. The molecule has 9 nitrogen and oxygen atoms in total. The third kappa shape index (κ3) is 4.67. The predicted octanol–water partition coefficient (Wildman–Crippen LogP) is 4.71. The van der Waals surface area contributed by atoms with E-state index in [9.17, 15) is 4.39 Å². The Hall–Kier alpha value is -4.18. The fourth-order valence-corrected chi connectivity index (χ4v) is 4.35. The van der Waals surface area contributed by atoms with E-state index < -0.39 is 5.82 Å². The van der Waals surface area contributed by atoms with Crippen LogP contribution in [-0.2, 0) is 19.7 Å². The van der Waals surface area contributed by atoms with Crippen LogP contribution in [0.15, 0.2) is 60.7 Å². The van der Waals surface area contributed by atoms with Gasteiger partial charge in [-0.15, -0.1) is 10.2 Å². The number of pyridine rings is 1. The van der Waals surface area contributed by atoms with Crippen molar-refractivity contribution >= 4 is 23.6 Å². The van der Waals surface area contributed by atoms with Crippen molar-refractivity contribution in [1.29, 1.82) is 5.41 Å². The molecule has 3 aromatic heterocycles. The molecule has 11 heteroatoms. The van der Waals surface area contributed by atoms with E-state index in [-0.39, 0.29) is 12.4 Å². The number of hydrogen-bond acceptors (Lipinski definition) is 7. The van der Waals surface area contributed by atoms with Crippen molar-refractivity contribution < 1.29 is 9.13 Å². The van der Waals surface area contributed by atoms with Crippen LogP contribution in [0.4, 0.5) is 10.2 Å². The Kier molecular flexibility index (Phi) is 6.68.